The Morgan fingerprint density at radius 2 is 1.57 bits per heavy atom. The summed E-state index contributed by atoms with van der Waals surface area (Å²) >= 11 is 0. The molecule has 2 rings (SSSR count). The fourth-order valence-corrected chi connectivity index (χ4v) is 2.37. The van der Waals surface area contributed by atoms with Crippen molar-refractivity contribution in [3.63, 3.8) is 0 Å². The SMILES string of the molecule is CC(C)(C)OC(=O)N1CCN(C(=O)CCC(=O)NC2CC2)CC1. The number of nitrogens with zero attached hydrogens (tertiary/aromatic N) is 2. The van der Waals surface area contributed by atoms with Crippen molar-refractivity contribution < 1.29 is 19.1 Å². The summed E-state index contributed by atoms with van der Waals surface area (Å²) in [6.07, 6.45) is 2.22. The number of rotatable bonds is 4. The third kappa shape index (κ3) is 6.08. The Balaban J connectivity index is 1.67. The van der Waals surface area contributed by atoms with E-state index in [1.807, 2.05) is 20.8 Å². The maximum atomic E-state index is 12.1. The average Bonchev–Trinajstić information content (AvgIpc) is 3.27. The van der Waals surface area contributed by atoms with Gasteiger partial charge in [-0.05, 0) is 33.6 Å². The fraction of sp³-hybridized carbons (Fsp3) is 0.812. The number of nitrogens with one attached hydrogen (secondary N) is 1. The predicted molar refractivity (Wildman–Crippen MR) is 84.8 cm³/mol. The molecule has 0 atom stereocenters. The van der Waals surface area contributed by atoms with Crippen LogP contribution in [0.4, 0.5) is 4.79 Å². The lowest BCUT2D eigenvalue weighted by Crippen LogP contribution is -2.51. The zero-order valence-corrected chi connectivity index (χ0v) is 14.3. The van der Waals surface area contributed by atoms with Crippen molar-refractivity contribution in [2.24, 2.45) is 0 Å². The molecule has 7 heteroatoms. The first kappa shape index (κ1) is 17.6. The lowest BCUT2D eigenvalue weighted by atomic mass is 10.2. The smallest absolute Gasteiger partial charge is 0.410 e. The van der Waals surface area contributed by atoms with Crippen LogP contribution in [0.1, 0.15) is 46.5 Å². The minimum atomic E-state index is -0.515. The van der Waals surface area contributed by atoms with Crippen molar-refractivity contribution in [3.05, 3.63) is 0 Å². The van der Waals surface area contributed by atoms with Crippen LogP contribution in [0.3, 0.4) is 0 Å². The van der Waals surface area contributed by atoms with Gasteiger partial charge in [0.25, 0.3) is 0 Å². The summed E-state index contributed by atoms with van der Waals surface area (Å²) < 4.78 is 5.33. The summed E-state index contributed by atoms with van der Waals surface area (Å²) in [7, 11) is 0. The van der Waals surface area contributed by atoms with E-state index < -0.39 is 5.60 Å². The number of piperazine rings is 1. The zero-order valence-electron chi connectivity index (χ0n) is 14.3. The van der Waals surface area contributed by atoms with Crippen molar-refractivity contribution in [1.82, 2.24) is 15.1 Å². The Morgan fingerprint density at radius 1 is 1.00 bits per heavy atom. The molecule has 0 unspecified atom stereocenters. The van der Waals surface area contributed by atoms with Crippen LogP contribution in [0.15, 0.2) is 0 Å². The second kappa shape index (κ2) is 7.19. The summed E-state index contributed by atoms with van der Waals surface area (Å²) in [5.74, 6) is -0.0759. The number of hydrogen-bond acceptors (Lipinski definition) is 4. The molecule has 1 heterocycles. The van der Waals surface area contributed by atoms with Gasteiger partial charge in [-0.3, -0.25) is 9.59 Å². The Hall–Kier alpha value is -1.79. The molecule has 1 aliphatic carbocycles. The maximum absolute atomic E-state index is 12.1. The first-order valence-electron chi connectivity index (χ1n) is 8.30. The summed E-state index contributed by atoms with van der Waals surface area (Å²) in [5.41, 5.74) is -0.515. The number of carbonyl (C=O) groups is 3. The molecule has 1 saturated heterocycles. The topological polar surface area (TPSA) is 79.0 Å². The van der Waals surface area contributed by atoms with Crippen LogP contribution in [-0.2, 0) is 14.3 Å². The molecule has 1 saturated carbocycles. The highest BCUT2D eigenvalue weighted by Crippen LogP contribution is 2.19. The Labute approximate surface area is 137 Å². The third-order valence-electron chi connectivity index (χ3n) is 3.79. The summed E-state index contributed by atoms with van der Waals surface area (Å²) in [6.45, 7) is 7.40. The molecule has 7 nitrogen and oxygen atoms in total. The van der Waals surface area contributed by atoms with Crippen LogP contribution in [0.2, 0.25) is 0 Å². The van der Waals surface area contributed by atoms with Crippen molar-refractivity contribution in [1.29, 1.82) is 0 Å². The molecule has 130 valence electrons. The van der Waals surface area contributed by atoms with E-state index in [-0.39, 0.29) is 30.7 Å². The van der Waals surface area contributed by atoms with E-state index in [2.05, 4.69) is 5.32 Å². The maximum Gasteiger partial charge on any atom is 0.410 e. The Kier molecular flexibility index (Phi) is 5.49. The standard InChI is InChI=1S/C16H27N3O4/c1-16(2,3)23-15(22)19-10-8-18(9-11-19)14(21)7-6-13(20)17-12-4-5-12/h12H,4-11H2,1-3H3,(H,17,20). The fourth-order valence-electron chi connectivity index (χ4n) is 2.37. The van der Waals surface area contributed by atoms with Gasteiger partial charge < -0.3 is 19.9 Å². The molecule has 0 aromatic heterocycles. The minimum absolute atomic E-state index is 0.0280. The number of carbonyl (C=O) groups excluding carboxylic acids is 3. The van der Waals surface area contributed by atoms with Crippen molar-refractivity contribution >= 4 is 17.9 Å². The zero-order chi connectivity index (χ0) is 17.0. The quantitative estimate of drug-likeness (QED) is 0.840. The Morgan fingerprint density at radius 3 is 2.09 bits per heavy atom. The van der Waals surface area contributed by atoms with Gasteiger partial charge in [0.05, 0.1) is 0 Å². The van der Waals surface area contributed by atoms with Crippen LogP contribution >= 0.6 is 0 Å². The van der Waals surface area contributed by atoms with Crippen molar-refractivity contribution in [3.8, 4) is 0 Å². The highest BCUT2D eigenvalue weighted by atomic mass is 16.6. The van der Waals surface area contributed by atoms with E-state index in [1.54, 1.807) is 9.80 Å². The van der Waals surface area contributed by atoms with Gasteiger partial charge in [-0.25, -0.2) is 4.79 Å². The molecule has 1 N–H and O–H groups in total. The lowest BCUT2D eigenvalue weighted by Gasteiger charge is -2.35. The average molecular weight is 325 g/mol. The molecular weight excluding hydrogens is 298 g/mol. The van der Waals surface area contributed by atoms with Crippen LogP contribution in [0.5, 0.6) is 0 Å². The summed E-state index contributed by atoms with van der Waals surface area (Å²) in [4.78, 5) is 39.0. The second-order valence-electron chi connectivity index (χ2n) is 7.19. The summed E-state index contributed by atoms with van der Waals surface area (Å²) in [6, 6.07) is 0.329. The van der Waals surface area contributed by atoms with Crippen LogP contribution in [0.25, 0.3) is 0 Å². The van der Waals surface area contributed by atoms with Gasteiger partial charge in [-0.15, -0.1) is 0 Å². The van der Waals surface area contributed by atoms with Crippen LogP contribution in [-0.4, -0.2) is 65.5 Å². The lowest BCUT2D eigenvalue weighted by molar-refractivity contribution is -0.135. The highest BCUT2D eigenvalue weighted by Gasteiger charge is 2.28. The van der Waals surface area contributed by atoms with E-state index in [0.717, 1.165) is 12.8 Å². The second-order valence-corrected chi connectivity index (χ2v) is 7.19. The molecule has 0 bridgehead atoms. The monoisotopic (exact) mass is 325 g/mol. The van der Waals surface area contributed by atoms with E-state index >= 15 is 0 Å². The minimum Gasteiger partial charge on any atom is -0.444 e. The predicted octanol–water partition coefficient (Wildman–Crippen LogP) is 1.12. The Bertz CT molecular complexity index is 460. The van der Waals surface area contributed by atoms with Crippen LogP contribution < -0.4 is 5.32 Å². The number of amides is 3. The molecule has 23 heavy (non-hydrogen) atoms. The first-order valence-corrected chi connectivity index (χ1v) is 8.30. The molecule has 0 aromatic carbocycles. The molecule has 0 aromatic rings. The van der Waals surface area contributed by atoms with Gasteiger partial charge >= 0.3 is 6.09 Å². The van der Waals surface area contributed by atoms with E-state index in [9.17, 15) is 14.4 Å². The normalized spacial score (nSPS) is 18.6. The van der Waals surface area contributed by atoms with Gasteiger partial charge in [0.15, 0.2) is 0 Å². The number of hydrogen-bond donors (Lipinski definition) is 1. The van der Waals surface area contributed by atoms with E-state index in [1.165, 1.54) is 0 Å². The first-order chi connectivity index (χ1) is 10.7. The van der Waals surface area contributed by atoms with Gasteiger partial charge in [-0.2, -0.15) is 0 Å². The van der Waals surface area contributed by atoms with E-state index in [0.29, 0.717) is 32.2 Å². The van der Waals surface area contributed by atoms with Crippen LogP contribution in [0, 0.1) is 0 Å². The molecular formula is C16H27N3O4. The van der Waals surface area contributed by atoms with Crippen molar-refractivity contribution in [2.75, 3.05) is 26.2 Å². The molecule has 2 fully saturated rings. The molecule has 1 aliphatic heterocycles. The largest absolute Gasteiger partial charge is 0.444 e. The summed E-state index contributed by atoms with van der Waals surface area (Å²) in [5, 5.41) is 2.88. The molecule has 3 amide bonds. The molecule has 0 spiro atoms. The molecule has 0 radical (unpaired) electrons. The van der Waals surface area contributed by atoms with Crippen molar-refractivity contribution in [2.45, 2.75) is 58.1 Å². The van der Waals surface area contributed by atoms with Gasteiger partial charge in [0.2, 0.25) is 11.8 Å². The highest BCUT2D eigenvalue weighted by molar-refractivity contribution is 5.84. The van der Waals surface area contributed by atoms with E-state index in [4.69, 9.17) is 4.74 Å². The number of ether oxygens (including phenoxy) is 1. The third-order valence-corrected chi connectivity index (χ3v) is 3.79. The van der Waals surface area contributed by atoms with Gasteiger partial charge in [-0.1, -0.05) is 0 Å². The molecule has 2 aliphatic rings. The van der Waals surface area contributed by atoms with Gasteiger partial charge in [0.1, 0.15) is 5.60 Å². The van der Waals surface area contributed by atoms with Gasteiger partial charge in [0, 0.05) is 45.1 Å².